The van der Waals surface area contributed by atoms with Crippen molar-refractivity contribution in [3.05, 3.63) is 63.6 Å². The number of nitrogens with two attached hydrogens (primary N) is 1. The molecule has 25 heavy (non-hydrogen) atoms. The molecule has 8 heteroatoms. The number of rotatable bonds is 1. The summed E-state index contributed by atoms with van der Waals surface area (Å²) in [6, 6.07) is 2.62. The van der Waals surface area contributed by atoms with Gasteiger partial charge in [-0.2, -0.15) is 5.26 Å². The number of amides is 1. The summed E-state index contributed by atoms with van der Waals surface area (Å²) >= 11 is 0. The zero-order valence-electron chi connectivity index (χ0n) is 12.9. The SMILES string of the molecule is N#CC1=C(N)Oc2c(oc(CO)cc2=O)[C@@]12C(=O)N[C@H]1C=CC=C[C@@H]12. The second-order valence-corrected chi connectivity index (χ2v) is 5.95. The van der Waals surface area contributed by atoms with Crippen molar-refractivity contribution >= 4 is 5.91 Å². The monoisotopic (exact) mass is 339 g/mol. The standard InChI is InChI=1S/C17H13N3O5/c18-6-10-15(19)25-13-12(22)5-8(7-21)24-14(13)17(10)9-3-1-2-4-11(9)20-16(17)23/h1-5,9,11,21H,7,19H2,(H,20,23)/t9-,11-,17-/m0/s1. The Kier molecular flexibility index (Phi) is 3.10. The first-order valence-corrected chi connectivity index (χ1v) is 7.56. The smallest absolute Gasteiger partial charge is 0.240 e. The largest absolute Gasteiger partial charge is 0.458 e. The number of nitrogens with zero attached hydrogens (tertiary/aromatic N) is 1. The van der Waals surface area contributed by atoms with Gasteiger partial charge in [0.2, 0.25) is 23.0 Å². The van der Waals surface area contributed by atoms with Crippen LogP contribution in [0.5, 0.6) is 5.75 Å². The molecule has 1 spiro atoms. The van der Waals surface area contributed by atoms with Gasteiger partial charge in [0, 0.05) is 12.0 Å². The maximum Gasteiger partial charge on any atom is 0.240 e. The summed E-state index contributed by atoms with van der Waals surface area (Å²) in [6.07, 6.45) is 7.07. The number of aliphatic hydroxyl groups excluding tert-OH is 1. The number of fused-ring (bicyclic) bond motifs is 4. The fraction of sp³-hybridized carbons (Fsp3) is 0.235. The number of carbonyl (C=O) groups is 1. The summed E-state index contributed by atoms with van der Waals surface area (Å²) in [7, 11) is 0. The van der Waals surface area contributed by atoms with Crippen molar-refractivity contribution in [1.82, 2.24) is 5.32 Å². The van der Waals surface area contributed by atoms with Crippen molar-refractivity contribution in [3.63, 3.8) is 0 Å². The lowest BCUT2D eigenvalue weighted by Gasteiger charge is -2.35. The Labute approximate surface area is 141 Å². The molecule has 0 unspecified atom stereocenters. The molecule has 1 amide bonds. The van der Waals surface area contributed by atoms with E-state index in [-0.39, 0.29) is 34.8 Å². The Bertz CT molecular complexity index is 981. The van der Waals surface area contributed by atoms with Crippen molar-refractivity contribution in [1.29, 1.82) is 5.26 Å². The molecular weight excluding hydrogens is 326 g/mol. The first-order valence-electron chi connectivity index (χ1n) is 7.56. The maximum absolute atomic E-state index is 13.0. The molecule has 126 valence electrons. The van der Waals surface area contributed by atoms with Gasteiger partial charge in [0.05, 0.1) is 6.04 Å². The van der Waals surface area contributed by atoms with E-state index in [9.17, 15) is 20.0 Å². The van der Waals surface area contributed by atoms with Gasteiger partial charge in [-0.15, -0.1) is 0 Å². The number of aliphatic hydroxyl groups is 1. The van der Waals surface area contributed by atoms with Crippen molar-refractivity contribution < 1.29 is 19.1 Å². The number of allylic oxidation sites excluding steroid dienone is 2. The fourth-order valence-electron chi connectivity index (χ4n) is 3.69. The third-order valence-electron chi connectivity index (χ3n) is 4.72. The van der Waals surface area contributed by atoms with Crippen LogP contribution >= 0.6 is 0 Å². The third-order valence-corrected chi connectivity index (χ3v) is 4.72. The van der Waals surface area contributed by atoms with Gasteiger partial charge in [-0.25, -0.2) is 0 Å². The predicted molar refractivity (Wildman–Crippen MR) is 83.7 cm³/mol. The van der Waals surface area contributed by atoms with Crippen molar-refractivity contribution in [2.24, 2.45) is 11.7 Å². The maximum atomic E-state index is 13.0. The highest BCUT2D eigenvalue weighted by Crippen LogP contribution is 2.52. The molecule has 1 aliphatic carbocycles. The van der Waals surface area contributed by atoms with E-state index in [1.807, 2.05) is 6.07 Å². The predicted octanol–water partition coefficient (Wildman–Crippen LogP) is -0.303. The van der Waals surface area contributed by atoms with Crippen LogP contribution in [0.3, 0.4) is 0 Å². The molecule has 1 saturated heterocycles. The van der Waals surface area contributed by atoms with Gasteiger partial charge in [0.15, 0.2) is 11.2 Å². The number of hydrogen-bond acceptors (Lipinski definition) is 7. The molecule has 0 saturated carbocycles. The molecule has 1 fully saturated rings. The second-order valence-electron chi connectivity index (χ2n) is 5.95. The Morgan fingerprint density at radius 3 is 2.84 bits per heavy atom. The summed E-state index contributed by atoms with van der Waals surface area (Å²) in [5.41, 5.74) is 3.53. The van der Waals surface area contributed by atoms with Crippen molar-refractivity contribution in [3.8, 4) is 11.8 Å². The lowest BCUT2D eigenvalue weighted by atomic mass is 9.66. The molecule has 0 radical (unpaired) electrons. The third kappa shape index (κ3) is 1.78. The second kappa shape index (κ2) is 5.09. The molecule has 1 aromatic heterocycles. The van der Waals surface area contributed by atoms with Crippen molar-refractivity contribution in [2.45, 2.75) is 18.1 Å². The minimum atomic E-state index is -1.62. The fourth-order valence-corrected chi connectivity index (χ4v) is 3.69. The minimum absolute atomic E-state index is 0.0314. The molecule has 0 aromatic carbocycles. The van der Waals surface area contributed by atoms with E-state index in [1.165, 1.54) is 0 Å². The number of hydrogen-bond donors (Lipinski definition) is 3. The van der Waals surface area contributed by atoms with Crippen LogP contribution in [0.2, 0.25) is 0 Å². The lowest BCUT2D eigenvalue weighted by Crippen LogP contribution is -2.46. The van der Waals surface area contributed by atoms with Crippen LogP contribution in [-0.4, -0.2) is 17.1 Å². The Balaban J connectivity index is 2.11. The van der Waals surface area contributed by atoms with E-state index in [4.69, 9.17) is 14.9 Å². The van der Waals surface area contributed by atoms with Crippen LogP contribution < -0.4 is 21.2 Å². The summed E-state index contributed by atoms with van der Waals surface area (Å²) in [5.74, 6) is -1.74. The summed E-state index contributed by atoms with van der Waals surface area (Å²) in [4.78, 5) is 25.4. The highest BCUT2D eigenvalue weighted by Gasteiger charge is 2.63. The van der Waals surface area contributed by atoms with Crippen LogP contribution in [0.4, 0.5) is 0 Å². The summed E-state index contributed by atoms with van der Waals surface area (Å²) in [6.45, 7) is -0.537. The Morgan fingerprint density at radius 2 is 2.12 bits per heavy atom. The molecule has 3 heterocycles. The zero-order chi connectivity index (χ0) is 17.8. The van der Waals surface area contributed by atoms with Crippen LogP contribution in [0.15, 0.2) is 51.0 Å². The average molecular weight is 339 g/mol. The van der Waals surface area contributed by atoms with E-state index in [0.29, 0.717) is 0 Å². The summed E-state index contributed by atoms with van der Waals surface area (Å²) in [5, 5.41) is 21.8. The van der Waals surface area contributed by atoms with E-state index in [2.05, 4.69) is 5.32 Å². The molecule has 0 bridgehead atoms. The Hall–Kier alpha value is -3.31. The van der Waals surface area contributed by atoms with Gasteiger partial charge in [-0.05, 0) is 0 Å². The molecule has 8 nitrogen and oxygen atoms in total. The first kappa shape index (κ1) is 15.2. The highest BCUT2D eigenvalue weighted by molar-refractivity contribution is 5.97. The van der Waals surface area contributed by atoms with Gasteiger partial charge in [0.1, 0.15) is 24.0 Å². The van der Waals surface area contributed by atoms with Crippen LogP contribution in [0.1, 0.15) is 11.5 Å². The average Bonchev–Trinajstić information content (AvgIpc) is 2.89. The Morgan fingerprint density at radius 1 is 1.36 bits per heavy atom. The van der Waals surface area contributed by atoms with E-state index < -0.39 is 29.3 Å². The number of nitrogens with one attached hydrogen (secondary N) is 1. The summed E-state index contributed by atoms with van der Waals surface area (Å²) < 4.78 is 10.9. The van der Waals surface area contributed by atoms with Crippen LogP contribution in [-0.2, 0) is 16.8 Å². The van der Waals surface area contributed by atoms with Gasteiger partial charge in [0.25, 0.3) is 0 Å². The lowest BCUT2D eigenvalue weighted by molar-refractivity contribution is -0.124. The van der Waals surface area contributed by atoms with E-state index >= 15 is 0 Å². The molecule has 3 atom stereocenters. The van der Waals surface area contributed by atoms with Gasteiger partial charge >= 0.3 is 0 Å². The topological polar surface area (TPSA) is 139 Å². The molecule has 4 N–H and O–H groups in total. The number of carbonyl (C=O) groups excluding carboxylic acids is 1. The van der Waals surface area contributed by atoms with Gasteiger partial charge in [-0.3, -0.25) is 9.59 Å². The van der Waals surface area contributed by atoms with E-state index in [1.54, 1.807) is 24.3 Å². The van der Waals surface area contributed by atoms with Crippen molar-refractivity contribution in [2.75, 3.05) is 0 Å². The number of ether oxygens (including phenoxy) is 1. The zero-order valence-corrected chi connectivity index (χ0v) is 12.9. The van der Waals surface area contributed by atoms with Gasteiger partial charge < -0.3 is 25.3 Å². The molecule has 2 aliphatic heterocycles. The molecular formula is C17H13N3O5. The number of nitriles is 1. The minimum Gasteiger partial charge on any atom is -0.458 e. The van der Waals surface area contributed by atoms with Gasteiger partial charge in [-0.1, -0.05) is 24.3 Å². The molecule has 3 aliphatic rings. The molecule has 4 rings (SSSR count). The van der Waals surface area contributed by atoms with Crippen LogP contribution in [0.25, 0.3) is 0 Å². The normalized spacial score (nSPS) is 29.0. The highest BCUT2D eigenvalue weighted by atomic mass is 16.5. The quantitative estimate of drug-likeness (QED) is 0.638. The first-order chi connectivity index (χ1) is 12.0. The van der Waals surface area contributed by atoms with E-state index in [0.717, 1.165) is 6.07 Å². The molecule has 1 aromatic rings. The van der Waals surface area contributed by atoms with Crippen LogP contribution in [0, 0.1) is 17.2 Å².